The van der Waals surface area contributed by atoms with Crippen LogP contribution in [0, 0.1) is 0 Å². The number of benzene rings is 3. The summed E-state index contributed by atoms with van der Waals surface area (Å²) >= 11 is 1.41. The van der Waals surface area contributed by atoms with Crippen molar-refractivity contribution in [3.8, 4) is 0 Å². The van der Waals surface area contributed by atoms with E-state index in [-0.39, 0.29) is 6.61 Å². The van der Waals surface area contributed by atoms with Gasteiger partial charge in [-0.25, -0.2) is 14.4 Å². The van der Waals surface area contributed by atoms with Gasteiger partial charge in [-0.1, -0.05) is 61.5 Å². The first kappa shape index (κ1) is 25.5. The van der Waals surface area contributed by atoms with Crippen molar-refractivity contribution < 1.29 is 33.3 Å². The van der Waals surface area contributed by atoms with Crippen molar-refractivity contribution in [2.24, 2.45) is 0 Å². The van der Waals surface area contributed by atoms with Crippen molar-refractivity contribution in [3.63, 3.8) is 0 Å². The largest absolute Gasteiger partial charge is 0.459 e. The predicted octanol–water partition coefficient (Wildman–Crippen LogP) is 4.77. The van der Waals surface area contributed by atoms with Crippen molar-refractivity contribution in [2.45, 2.75) is 30.7 Å². The van der Waals surface area contributed by atoms with Crippen LogP contribution in [-0.4, -0.2) is 54.0 Å². The Morgan fingerprint density at radius 1 is 0.694 bits per heavy atom. The highest BCUT2D eigenvalue weighted by molar-refractivity contribution is 7.99. The summed E-state index contributed by atoms with van der Waals surface area (Å²) in [5, 5.41) is 0. The highest BCUT2D eigenvalue weighted by Crippen LogP contribution is 2.34. The summed E-state index contributed by atoms with van der Waals surface area (Å²) in [4.78, 5) is 38.4. The average molecular weight is 507 g/mol. The number of thioether (sulfide) groups is 1. The molecule has 8 heteroatoms. The van der Waals surface area contributed by atoms with Crippen LogP contribution in [0.3, 0.4) is 0 Å². The van der Waals surface area contributed by atoms with Gasteiger partial charge in [0.05, 0.1) is 16.7 Å². The molecule has 36 heavy (non-hydrogen) atoms. The molecule has 0 unspecified atom stereocenters. The van der Waals surface area contributed by atoms with Gasteiger partial charge in [-0.15, -0.1) is 11.8 Å². The Kier molecular flexibility index (Phi) is 8.76. The second-order valence-electron chi connectivity index (χ2n) is 7.93. The van der Waals surface area contributed by atoms with E-state index in [0.717, 1.165) is 0 Å². The molecule has 4 atom stereocenters. The van der Waals surface area contributed by atoms with Crippen LogP contribution in [0.2, 0.25) is 0 Å². The molecule has 3 aromatic rings. The molecule has 0 saturated carbocycles. The molecular weight excluding hydrogens is 480 g/mol. The van der Waals surface area contributed by atoms with Gasteiger partial charge in [-0.3, -0.25) is 0 Å². The van der Waals surface area contributed by atoms with E-state index in [1.54, 1.807) is 91.0 Å². The minimum Gasteiger partial charge on any atom is -0.459 e. The molecule has 1 aliphatic heterocycles. The number of hydrogen-bond donors (Lipinski definition) is 0. The molecule has 7 nitrogen and oxygen atoms in total. The van der Waals surface area contributed by atoms with Gasteiger partial charge in [-0.2, -0.15) is 0 Å². The first-order chi connectivity index (χ1) is 17.6. The second-order valence-corrected chi connectivity index (χ2v) is 9.31. The number of esters is 3. The molecule has 0 spiro atoms. The molecule has 186 valence electrons. The Bertz CT molecular complexity index is 1150. The van der Waals surface area contributed by atoms with Gasteiger partial charge in [0.25, 0.3) is 0 Å². The Morgan fingerprint density at radius 3 is 1.61 bits per heavy atom. The Balaban J connectivity index is 1.56. The number of carbonyl (C=O) groups is 3. The molecule has 0 aliphatic carbocycles. The van der Waals surface area contributed by atoms with E-state index in [2.05, 4.69) is 0 Å². The summed E-state index contributed by atoms with van der Waals surface area (Å²) in [6, 6.07) is 25.6. The van der Waals surface area contributed by atoms with Crippen LogP contribution in [0.1, 0.15) is 38.0 Å². The summed E-state index contributed by atoms with van der Waals surface area (Å²) in [5.41, 5.74) is 0.485. The Labute approximate surface area is 213 Å². The normalized spacial score (nSPS) is 20.9. The molecule has 1 fully saturated rings. The topological polar surface area (TPSA) is 88.1 Å². The molecule has 1 aliphatic rings. The number of hydrogen-bond acceptors (Lipinski definition) is 8. The lowest BCUT2D eigenvalue weighted by Crippen LogP contribution is -2.41. The third-order valence-corrected chi connectivity index (χ3v) is 6.53. The molecule has 4 rings (SSSR count). The number of carbonyl (C=O) groups excluding carboxylic acids is 3. The van der Waals surface area contributed by atoms with Crippen LogP contribution in [-0.2, 0) is 18.9 Å². The van der Waals surface area contributed by atoms with E-state index in [9.17, 15) is 14.4 Å². The first-order valence-electron chi connectivity index (χ1n) is 11.6. The molecule has 3 aromatic carbocycles. The Morgan fingerprint density at radius 2 is 1.14 bits per heavy atom. The van der Waals surface area contributed by atoms with E-state index < -0.39 is 41.7 Å². The lowest BCUT2D eigenvalue weighted by Gasteiger charge is -2.24. The van der Waals surface area contributed by atoms with Crippen LogP contribution >= 0.6 is 11.8 Å². The van der Waals surface area contributed by atoms with E-state index in [4.69, 9.17) is 18.9 Å². The van der Waals surface area contributed by atoms with Gasteiger partial charge in [0, 0.05) is 0 Å². The number of rotatable bonds is 9. The van der Waals surface area contributed by atoms with Crippen LogP contribution in [0.25, 0.3) is 0 Å². The van der Waals surface area contributed by atoms with Gasteiger partial charge >= 0.3 is 17.9 Å². The minimum atomic E-state index is -0.988. The van der Waals surface area contributed by atoms with E-state index in [0.29, 0.717) is 22.4 Å². The molecule has 0 N–H and O–H groups in total. The minimum absolute atomic E-state index is 0.180. The van der Waals surface area contributed by atoms with E-state index >= 15 is 0 Å². The zero-order valence-electron chi connectivity index (χ0n) is 19.6. The van der Waals surface area contributed by atoms with Crippen molar-refractivity contribution in [1.29, 1.82) is 0 Å². The van der Waals surface area contributed by atoms with Crippen molar-refractivity contribution in [2.75, 3.05) is 12.4 Å². The molecule has 0 bridgehead atoms. The van der Waals surface area contributed by atoms with Gasteiger partial charge < -0.3 is 18.9 Å². The van der Waals surface area contributed by atoms with Gasteiger partial charge in [-0.05, 0) is 42.2 Å². The molecule has 0 aromatic heterocycles. The number of ether oxygens (including phenoxy) is 4. The van der Waals surface area contributed by atoms with Crippen LogP contribution in [0.5, 0.6) is 0 Å². The lowest BCUT2D eigenvalue weighted by molar-refractivity contribution is -0.0435. The zero-order chi connectivity index (χ0) is 25.3. The van der Waals surface area contributed by atoms with Crippen LogP contribution in [0.15, 0.2) is 91.0 Å². The fourth-order valence-corrected chi connectivity index (χ4v) is 4.69. The predicted molar refractivity (Wildman–Crippen MR) is 135 cm³/mol. The summed E-state index contributed by atoms with van der Waals surface area (Å²) in [7, 11) is 0. The van der Waals surface area contributed by atoms with E-state index in [1.165, 1.54) is 11.8 Å². The molecule has 0 amide bonds. The van der Waals surface area contributed by atoms with Crippen LogP contribution < -0.4 is 0 Å². The summed E-state index contributed by atoms with van der Waals surface area (Å²) in [5.74, 6) is -1.02. The van der Waals surface area contributed by atoms with Gasteiger partial charge in [0.15, 0.2) is 12.2 Å². The lowest BCUT2D eigenvalue weighted by atomic mass is 10.1. The van der Waals surface area contributed by atoms with Crippen molar-refractivity contribution >= 4 is 29.7 Å². The third kappa shape index (κ3) is 6.33. The SMILES string of the molecule is CCS[C@@H]1O[C@@H](COC(=O)c2ccccc2)[C@@H](OC(=O)c2ccccc2)[C@H]1OC(=O)c1ccccc1. The maximum atomic E-state index is 12.9. The summed E-state index contributed by atoms with van der Waals surface area (Å²) in [6.45, 7) is 1.76. The standard InChI is InChI=1S/C28H26O7S/c1-2-36-28-24(35-27(31)21-16-10-5-11-17-21)23(34-26(30)20-14-8-4-9-15-20)22(33-28)18-32-25(29)19-12-6-3-7-13-19/h3-17,22-24,28H,2,18H2,1H3/t22-,23+,24+,28-/m0/s1. The highest BCUT2D eigenvalue weighted by atomic mass is 32.2. The Hall–Kier alpha value is -3.62. The fraction of sp³-hybridized carbons (Fsp3) is 0.250. The van der Waals surface area contributed by atoms with Crippen molar-refractivity contribution in [3.05, 3.63) is 108 Å². The second kappa shape index (κ2) is 12.4. The summed E-state index contributed by atoms with van der Waals surface area (Å²) in [6.07, 6.45) is -2.73. The van der Waals surface area contributed by atoms with Crippen LogP contribution in [0.4, 0.5) is 0 Å². The van der Waals surface area contributed by atoms with Crippen molar-refractivity contribution in [1.82, 2.24) is 0 Å². The molecule has 0 radical (unpaired) electrons. The molecule has 1 heterocycles. The monoisotopic (exact) mass is 506 g/mol. The van der Waals surface area contributed by atoms with Gasteiger partial charge in [0.1, 0.15) is 18.1 Å². The maximum Gasteiger partial charge on any atom is 0.338 e. The molecule has 1 saturated heterocycles. The average Bonchev–Trinajstić information content (AvgIpc) is 3.24. The summed E-state index contributed by atoms with van der Waals surface area (Å²) < 4.78 is 23.3. The smallest absolute Gasteiger partial charge is 0.338 e. The first-order valence-corrected chi connectivity index (χ1v) is 12.6. The highest BCUT2D eigenvalue weighted by Gasteiger charge is 2.50. The van der Waals surface area contributed by atoms with Gasteiger partial charge in [0.2, 0.25) is 0 Å². The maximum absolute atomic E-state index is 12.9. The third-order valence-electron chi connectivity index (χ3n) is 5.49. The quantitative estimate of drug-likeness (QED) is 0.303. The van der Waals surface area contributed by atoms with E-state index in [1.807, 2.05) is 6.92 Å². The molecular formula is C28H26O7S. The zero-order valence-corrected chi connectivity index (χ0v) is 20.5. The fourth-order valence-electron chi connectivity index (χ4n) is 3.74.